The van der Waals surface area contributed by atoms with Crippen molar-refractivity contribution in [3.05, 3.63) is 113 Å². The van der Waals surface area contributed by atoms with Crippen LogP contribution in [0.5, 0.6) is 17.2 Å². The number of carbonyl (C=O) groups is 2. The number of allylic oxidation sites excluding steroid dienone is 1. The Labute approximate surface area is 238 Å². The summed E-state index contributed by atoms with van der Waals surface area (Å²) in [6, 6.07) is 23.2. The van der Waals surface area contributed by atoms with E-state index in [-0.39, 0.29) is 24.0 Å². The van der Waals surface area contributed by atoms with Gasteiger partial charge in [-0.05, 0) is 60.5 Å². The molecule has 2 atom stereocenters. The van der Waals surface area contributed by atoms with Gasteiger partial charge in [0.2, 0.25) is 5.75 Å². The number of ether oxygens (including phenoxy) is 3. The number of Topliss-reactive ketones (excluding diaryl/α,β-unsaturated/α-hetero) is 1. The molecule has 8 heteroatoms. The van der Waals surface area contributed by atoms with Crippen LogP contribution in [-0.4, -0.2) is 33.0 Å². The van der Waals surface area contributed by atoms with Gasteiger partial charge in [0.1, 0.15) is 5.76 Å². The molecule has 1 aliphatic carbocycles. The molecule has 8 nitrogen and oxygen atoms in total. The Morgan fingerprint density at radius 3 is 2.24 bits per heavy atom. The molecule has 2 heterocycles. The molecule has 0 saturated heterocycles. The molecule has 0 unspecified atom stereocenters. The van der Waals surface area contributed by atoms with Crippen molar-refractivity contribution in [1.29, 1.82) is 0 Å². The number of amides is 1. The number of fused-ring (bicyclic) bond motifs is 1. The van der Waals surface area contributed by atoms with Crippen LogP contribution in [0.3, 0.4) is 0 Å². The van der Waals surface area contributed by atoms with E-state index < -0.39 is 6.04 Å². The summed E-state index contributed by atoms with van der Waals surface area (Å²) in [6.45, 7) is 0. The molecule has 3 aromatic carbocycles. The lowest BCUT2D eigenvalue weighted by Gasteiger charge is -2.35. The summed E-state index contributed by atoms with van der Waals surface area (Å²) >= 11 is 0. The second-order valence-corrected chi connectivity index (χ2v) is 9.98. The van der Waals surface area contributed by atoms with E-state index in [9.17, 15) is 9.59 Å². The molecular formula is C33H30N2O6. The number of ketones is 1. The Morgan fingerprint density at radius 2 is 1.59 bits per heavy atom. The van der Waals surface area contributed by atoms with E-state index in [2.05, 4.69) is 5.32 Å². The third-order valence-corrected chi connectivity index (χ3v) is 7.68. The van der Waals surface area contributed by atoms with Crippen molar-refractivity contribution in [3.63, 3.8) is 0 Å². The molecule has 6 rings (SSSR count). The van der Waals surface area contributed by atoms with Crippen molar-refractivity contribution < 1.29 is 28.2 Å². The van der Waals surface area contributed by atoms with Gasteiger partial charge in [0, 0.05) is 29.2 Å². The molecular weight excluding hydrogens is 520 g/mol. The van der Waals surface area contributed by atoms with Crippen molar-refractivity contribution in [2.75, 3.05) is 31.5 Å². The molecule has 4 aromatic rings. The van der Waals surface area contributed by atoms with Crippen molar-refractivity contribution in [1.82, 2.24) is 0 Å². The molecule has 0 spiro atoms. The Hall–Kier alpha value is -4.98. The lowest BCUT2D eigenvalue weighted by Crippen LogP contribution is -2.38. The fraction of sp³-hybridized carbons (Fsp3) is 0.212. The van der Waals surface area contributed by atoms with Crippen molar-refractivity contribution in [3.8, 4) is 17.2 Å². The second kappa shape index (κ2) is 10.9. The fourth-order valence-electron chi connectivity index (χ4n) is 5.83. The number of para-hydroxylation sites is 2. The maximum Gasteiger partial charge on any atom is 0.259 e. The van der Waals surface area contributed by atoms with Crippen LogP contribution in [0.25, 0.3) is 0 Å². The Bertz CT molecular complexity index is 1600. The molecule has 1 N–H and O–H groups in total. The topological polar surface area (TPSA) is 90.2 Å². The monoisotopic (exact) mass is 550 g/mol. The van der Waals surface area contributed by atoms with Crippen molar-refractivity contribution in [2.24, 2.45) is 0 Å². The minimum atomic E-state index is -0.785. The van der Waals surface area contributed by atoms with Crippen LogP contribution in [-0.2, 0) is 4.79 Å². The minimum Gasteiger partial charge on any atom is -0.493 e. The summed E-state index contributed by atoms with van der Waals surface area (Å²) < 4.78 is 22.6. The van der Waals surface area contributed by atoms with Crippen LogP contribution in [0.4, 0.5) is 11.4 Å². The van der Waals surface area contributed by atoms with Crippen LogP contribution in [0, 0.1) is 0 Å². The summed E-state index contributed by atoms with van der Waals surface area (Å²) in [4.78, 5) is 30.3. The summed E-state index contributed by atoms with van der Waals surface area (Å²) in [5.41, 5.74) is 3.80. The zero-order valence-corrected chi connectivity index (χ0v) is 23.0. The summed E-state index contributed by atoms with van der Waals surface area (Å²) in [5, 5.41) is 3.54. The van der Waals surface area contributed by atoms with Crippen LogP contribution in [0.2, 0.25) is 0 Å². The SMILES string of the molecule is COc1cc([C@@H]2C3=C(C[C@@H](c4ccco4)CC3=O)Nc3ccccc3N2C(=O)c2ccccc2)cc(OC)c1OC. The average molecular weight is 551 g/mol. The summed E-state index contributed by atoms with van der Waals surface area (Å²) in [7, 11) is 4.63. The Morgan fingerprint density at radius 1 is 0.878 bits per heavy atom. The highest BCUT2D eigenvalue weighted by Gasteiger charge is 2.43. The number of hydrogen-bond donors (Lipinski definition) is 1. The fourth-order valence-corrected chi connectivity index (χ4v) is 5.83. The number of carbonyl (C=O) groups excluding carboxylic acids is 2. The number of furan rings is 1. The van der Waals surface area contributed by atoms with E-state index in [1.165, 1.54) is 7.11 Å². The maximum atomic E-state index is 14.4. The van der Waals surface area contributed by atoms with E-state index in [4.69, 9.17) is 18.6 Å². The quantitative estimate of drug-likeness (QED) is 0.292. The number of hydrogen-bond acceptors (Lipinski definition) is 7. The van der Waals surface area contributed by atoms with Crippen LogP contribution < -0.4 is 24.4 Å². The number of rotatable bonds is 6. The molecule has 1 aromatic heterocycles. The van der Waals surface area contributed by atoms with Gasteiger partial charge in [-0.15, -0.1) is 0 Å². The predicted octanol–water partition coefficient (Wildman–Crippen LogP) is 6.52. The maximum absolute atomic E-state index is 14.4. The highest BCUT2D eigenvalue weighted by molar-refractivity contribution is 6.12. The summed E-state index contributed by atoms with van der Waals surface area (Å²) in [6.07, 6.45) is 2.41. The van der Waals surface area contributed by atoms with Gasteiger partial charge in [0.15, 0.2) is 17.3 Å². The number of anilines is 2. The van der Waals surface area contributed by atoms with Gasteiger partial charge in [-0.2, -0.15) is 0 Å². The van der Waals surface area contributed by atoms with Gasteiger partial charge >= 0.3 is 0 Å². The van der Waals surface area contributed by atoms with Crippen molar-refractivity contribution in [2.45, 2.75) is 24.8 Å². The minimum absolute atomic E-state index is 0.0717. The molecule has 0 saturated carbocycles. The van der Waals surface area contributed by atoms with E-state index in [1.807, 2.05) is 66.7 Å². The first-order valence-electron chi connectivity index (χ1n) is 13.4. The first kappa shape index (κ1) is 26.3. The molecule has 0 radical (unpaired) electrons. The van der Waals surface area contributed by atoms with Crippen LogP contribution in [0.1, 0.15) is 46.5 Å². The smallest absolute Gasteiger partial charge is 0.259 e. The molecule has 1 amide bonds. The second-order valence-electron chi connectivity index (χ2n) is 9.98. The Kier molecular flexibility index (Phi) is 6.97. The van der Waals surface area contributed by atoms with Gasteiger partial charge in [-0.1, -0.05) is 30.3 Å². The predicted molar refractivity (Wildman–Crippen MR) is 155 cm³/mol. The number of methoxy groups -OCH3 is 3. The molecule has 0 fully saturated rings. The van der Waals surface area contributed by atoms with Crippen LogP contribution in [0.15, 0.2) is 101 Å². The first-order chi connectivity index (χ1) is 20.0. The number of nitrogens with one attached hydrogen (secondary N) is 1. The molecule has 1 aliphatic heterocycles. The highest BCUT2D eigenvalue weighted by Crippen LogP contribution is 2.50. The summed E-state index contributed by atoms with van der Waals surface area (Å²) in [5.74, 6) is 1.59. The molecule has 2 aliphatic rings. The molecule has 41 heavy (non-hydrogen) atoms. The normalized spacial score (nSPS) is 18.1. The number of nitrogens with zero attached hydrogens (tertiary/aromatic N) is 1. The Balaban J connectivity index is 1.62. The zero-order chi connectivity index (χ0) is 28.5. The van der Waals surface area contributed by atoms with Gasteiger partial charge in [0.25, 0.3) is 5.91 Å². The van der Waals surface area contributed by atoms with Gasteiger partial charge in [-0.3, -0.25) is 14.5 Å². The molecule has 208 valence electrons. The lowest BCUT2D eigenvalue weighted by molar-refractivity contribution is -0.116. The molecule has 0 bridgehead atoms. The third-order valence-electron chi connectivity index (χ3n) is 7.68. The lowest BCUT2D eigenvalue weighted by atomic mass is 9.79. The van der Waals surface area contributed by atoms with Crippen LogP contribution >= 0.6 is 0 Å². The number of benzene rings is 3. The third kappa shape index (κ3) is 4.61. The van der Waals surface area contributed by atoms with Crippen molar-refractivity contribution >= 4 is 23.1 Å². The average Bonchev–Trinajstić information content (AvgIpc) is 3.50. The largest absolute Gasteiger partial charge is 0.493 e. The van der Waals surface area contributed by atoms with E-state index in [0.717, 1.165) is 17.1 Å². The van der Waals surface area contributed by atoms with E-state index in [1.54, 1.807) is 37.5 Å². The van der Waals surface area contributed by atoms with E-state index >= 15 is 0 Å². The first-order valence-corrected chi connectivity index (χ1v) is 13.4. The van der Waals surface area contributed by atoms with E-state index in [0.29, 0.717) is 46.1 Å². The van der Waals surface area contributed by atoms with Gasteiger partial charge in [0.05, 0.1) is 45.0 Å². The highest BCUT2D eigenvalue weighted by atomic mass is 16.5. The van der Waals surface area contributed by atoms with Gasteiger partial charge in [-0.25, -0.2) is 0 Å². The van der Waals surface area contributed by atoms with Gasteiger partial charge < -0.3 is 23.9 Å². The zero-order valence-electron chi connectivity index (χ0n) is 23.0. The standard InChI is InChI=1S/C33H30N2O6/c1-38-28-18-22(19-29(39-2)32(28)40-3)31-30-24(16-21(17-26(30)36)27-14-9-15-41-27)34-23-12-7-8-13-25(23)35(31)33(37)20-10-5-4-6-11-20/h4-15,18-19,21,31,34H,16-17H2,1-3H3/t21-,31-/m1/s1.